The third kappa shape index (κ3) is 8.58. The molecule has 2 aromatic carbocycles. The third-order valence-corrected chi connectivity index (χ3v) is 6.65. The number of carbonyl (C=O) groups excluding carboxylic acids is 2. The lowest BCUT2D eigenvalue weighted by Gasteiger charge is -2.28. The number of nitrogens with one attached hydrogen (secondary N) is 3. The number of benzene rings is 2. The Hall–Kier alpha value is -3.82. The second kappa shape index (κ2) is 14.7. The van der Waals surface area contributed by atoms with Crippen molar-refractivity contribution in [1.29, 1.82) is 0 Å². The first-order valence-electron chi connectivity index (χ1n) is 12.1. The minimum Gasteiger partial charge on any atom is -0.490 e. The number of hydrazone groups is 1. The van der Waals surface area contributed by atoms with E-state index in [9.17, 15) is 19.5 Å². The SMILES string of the molecule is CCOc1cc([C@H]2NC(=O)NC(C)=C2C(=O)OC)ccc1OC[C@@H](O)N/N=C\c1cc(Br)c(OCC(=O)O)c(Br)c1. The van der Waals surface area contributed by atoms with E-state index in [1.54, 1.807) is 44.2 Å². The maximum Gasteiger partial charge on any atom is 0.341 e. The van der Waals surface area contributed by atoms with Crippen molar-refractivity contribution in [2.24, 2.45) is 5.10 Å². The molecule has 220 valence electrons. The number of aliphatic hydroxyl groups excluding tert-OH is 1. The molecule has 2 aromatic rings. The smallest absolute Gasteiger partial charge is 0.341 e. The van der Waals surface area contributed by atoms with Crippen LogP contribution < -0.4 is 30.3 Å². The first-order valence-corrected chi connectivity index (χ1v) is 13.7. The Morgan fingerprint density at radius 3 is 2.49 bits per heavy atom. The largest absolute Gasteiger partial charge is 0.490 e. The fourth-order valence-electron chi connectivity index (χ4n) is 3.75. The van der Waals surface area contributed by atoms with Crippen LogP contribution >= 0.6 is 31.9 Å². The Labute approximate surface area is 252 Å². The summed E-state index contributed by atoms with van der Waals surface area (Å²) in [6, 6.07) is 7.01. The van der Waals surface area contributed by atoms with Crippen molar-refractivity contribution in [1.82, 2.24) is 16.1 Å². The number of carbonyl (C=O) groups is 3. The molecule has 0 saturated heterocycles. The molecule has 0 saturated carbocycles. The molecule has 0 fully saturated rings. The summed E-state index contributed by atoms with van der Waals surface area (Å²) in [5.41, 5.74) is 4.37. The second-order valence-corrected chi connectivity index (χ2v) is 10.1. The van der Waals surface area contributed by atoms with Crippen LogP contribution in [-0.4, -0.2) is 67.6 Å². The monoisotopic (exact) mass is 698 g/mol. The van der Waals surface area contributed by atoms with Crippen LogP contribution in [-0.2, 0) is 14.3 Å². The van der Waals surface area contributed by atoms with Crippen molar-refractivity contribution in [3.05, 3.63) is 61.7 Å². The molecule has 1 heterocycles. The van der Waals surface area contributed by atoms with E-state index < -0.39 is 36.8 Å². The summed E-state index contributed by atoms with van der Waals surface area (Å²) >= 11 is 6.66. The van der Waals surface area contributed by atoms with Crippen LogP contribution in [0.2, 0.25) is 0 Å². The minimum absolute atomic E-state index is 0.192. The summed E-state index contributed by atoms with van der Waals surface area (Å²) in [5, 5.41) is 28.4. The highest BCUT2D eigenvalue weighted by Gasteiger charge is 2.32. The molecule has 0 radical (unpaired) electrons. The minimum atomic E-state index is -1.19. The van der Waals surface area contributed by atoms with Gasteiger partial charge in [0.25, 0.3) is 0 Å². The van der Waals surface area contributed by atoms with Crippen LogP contribution in [0.3, 0.4) is 0 Å². The van der Waals surface area contributed by atoms with Gasteiger partial charge in [-0.25, -0.2) is 14.4 Å². The number of rotatable bonds is 13. The van der Waals surface area contributed by atoms with Crippen molar-refractivity contribution >= 4 is 56.0 Å². The number of urea groups is 1. The molecule has 41 heavy (non-hydrogen) atoms. The van der Waals surface area contributed by atoms with Crippen molar-refractivity contribution in [2.45, 2.75) is 26.1 Å². The zero-order valence-electron chi connectivity index (χ0n) is 22.2. The zero-order valence-corrected chi connectivity index (χ0v) is 25.4. The molecule has 0 bridgehead atoms. The summed E-state index contributed by atoms with van der Waals surface area (Å²) in [7, 11) is 1.26. The number of amides is 2. The van der Waals surface area contributed by atoms with Gasteiger partial charge in [-0.15, -0.1) is 0 Å². The van der Waals surface area contributed by atoms with E-state index in [4.69, 9.17) is 24.1 Å². The van der Waals surface area contributed by atoms with Crippen LogP contribution in [0.15, 0.2) is 55.6 Å². The number of carboxylic acids is 1. The quantitative estimate of drug-likeness (QED) is 0.0903. The highest BCUT2D eigenvalue weighted by molar-refractivity contribution is 9.11. The number of hydrogen-bond donors (Lipinski definition) is 5. The van der Waals surface area contributed by atoms with Gasteiger partial charge < -0.3 is 39.8 Å². The number of methoxy groups -OCH3 is 1. The number of hydrogen-bond acceptors (Lipinski definition) is 10. The van der Waals surface area contributed by atoms with E-state index in [0.29, 0.717) is 49.6 Å². The first-order chi connectivity index (χ1) is 19.5. The van der Waals surface area contributed by atoms with Gasteiger partial charge in [0.05, 0.1) is 40.5 Å². The number of carboxylic acid groups (broad SMARTS) is 1. The Bertz CT molecular complexity index is 1340. The van der Waals surface area contributed by atoms with Crippen LogP contribution in [0.25, 0.3) is 0 Å². The molecule has 0 unspecified atom stereocenters. The van der Waals surface area contributed by atoms with Gasteiger partial charge in [-0.3, -0.25) is 5.43 Å². The van der Waals surface area contributed by atoms with E-state index in [1.165, 1.54) is 13.3 Å². The fourth-order valence-corrected chi connectivity index (χ4v) is 5.20. The number of ether oxygens (including phenoxy) is 4. The summed E-state index contributed by atoms with van der Waals surface area (Å²) in [5.74, 6) is -0.692. The topological polar surface area (TPSA) is 177 Å². The van der Waals surface area contributed by atoms with Crippen LogP contribution in [0.5, 0.6) is 17.2 Å². The molecule has 0 spiro atoms. The van der Waals surface area contributed by atoms with Gasteiger partial charge in [-0.2, -0.15) is 5.10 Å². The number of halogens is 2. The molecule has 3 rings (SSSR count). The van der Waals surface area contributed by atoms with E-state index in [1.807, 2.05) is 0 Å². The number of nitrogens with zero attached hydrogens (tertiary/aromatic N) is 1. The van der Waals surface area contributed by atoms with Crippen molar-refractivity contribution < 1.29 is 43.5 Å². The van der Waals surface area contributed by atoms with Gasteiger partial charge in [-0.05, 0) is 81.1 Å². The number of esters is 1. The Morgan fingerprint density at radius 2 is 1.85 bits per heavy atom. The summed E-state index contributed by atoms with van der Waals surface area (Å²) < 4.78 is 22.6. The van der Waals surface area contributed by atoms with E-state index >= 15 is 0 Å². The van der Waals surface area contributed by atoms with Gasteiger partial charge in [0.1, 0.15) is 12.4 Å². The molecule has 0 aromatic heterocycles. The molecular weight excluding hydrogens is 672 g/mol. The molecule has 5 N–H and O–H groups in total. The molecule has 1 aliphatic heterocycles. The summed E-state index contributed by atoms with van der Waals surface area (Å²) in [4.78, 5) is 35.2. The van der Waals surface area contributed by atoms with Crippen molar-refractivity contribution in [2.75, 3.05) is 26.9 Å². The lowest BCUT2D eigenvalue weighted by molar-refractivity contribution is -0.139. The zero-order chi connectivity index (χ0) is 30.1. The van der Waals surface area contributed by atoms with E-state index in [-0.39, 0.29) is 12.2 Å². The molecule has 2 amide bonds. The average Bonchev–Trinajstić information content (AvgIpc) is 2.91. The van der Waals surface area contributed by atoms with Gasteiger partial charge in [0.15, 0.2) is 24.3 Å². The lowest BCUT2D eigenvalue weighted by Crippen LogP contribution is -2.45. The normalized spacial score (nSPS) is 15.6. The summed E-state index contributed by atoms with van der Waals surface area (Å²) in [6.07, 6.45) is 0.257. The Kier molecular flexibility index (Phi) is 11.4. The molecule has 15 heteroatoms. The van der Waals surface area contributed by atoms with Crippen LogP contribution in [0, 0.1) is 0 Å². The maximum atomic E-state index is 12.4. The molecular formula is C26H28Br2N4O9. The Morgan fingerprint density at radius 1 is 1.15 bits per heavy atom. The van der Waals surface area contributed by atoms with Gasteiger partial charge in [0.2, 0.25) is 0 Å². The second-order valence-electron chi connectivity index (χ2n) is 8.41. The van der Waals surface area contributed by atoms with Crippen molar-refractivity contribution in [3.8, 4) is 17.2 Å². The predicted octanol–water partition coefficient (Wildman–Crippen LogP) is 3.20. The molecule has 1 aliphatic rings. The van der Waals surface area contributed by atoms with Crippen LogP contribution in [0.4, 0.5) is 4.79 Å². The van der Waals surface area contributed by atoms with Gasteiger partial charge in [-0.1, -0.05) is 6.07 Å². The van der Waals surface area contributed by atoms with E-state index in [0.717, 1.165) is 0 Å². The maximum absolute atomic E-state index is 12.4. The third-order valence-electron chi connectivity index (χ3n) is 5.47. The number of aliphatic carboxylic acids is 1. The fraction of sp³-hybridized carbons (Fsp3) is 0.308. The van der Waals surface area contributed by atoms with Gasteiger partial charge in [0, 0.05) is 5.70 Å². The van der Waals surface area contributed by atoms with Crippen molar-refractivity contribution in [3.63, 3.8) is 0 Å². The number of aliphatic hydroxyl groups is 1. The number of allylic oxidation sites excluding steroid dienone is 1. The Balaban J connectivity index is 1.67. The highest BCUT2D eigenvalue weighted by atomic mass is 79.9. The first kappa shape index (κ1) is 31.7. The highest BCUT2D eigenvalue weighted by Crippen LogP contribution is 2.36. The lowest BCUT2D eigenvalue weighted by atomic mass is 9.95. The predicted molar refractivity (Wildman–Crippen MR) is 154 cm³/mol. The van der Waals surface area contributed by atoms with E-state index in [2.05, 4.69) is 53.0 Å². The van der Waals surface area contributed by atoms with Gasteiger partial charge >= 0.3 is 18.0 Å². The van der Waals surface area contributed by atoms with Crippen LogP contribution in [0.1, 0.15) is 31.0 Å². The molecule has 2 atom stereocenters. The standard InChI is InChI=1S/C26H28Br2N4O9/c1-4-39-19-9-15(23-22(25(36)38-3)13(2)30-26(37)31-23)5-6-18(19)40-11-20(33)32-29-10-14-7-16(27)24(17(28)8-14)41-12-21(34)35/h5-10,20,23,32-33H,4,11-12H2,1-3H3,(H,34,35)(H2,30,31,37)/b29-10-/t20-,23-/m1/s1. The average molecular weight is 700 g/mol. The summed E-state index contributed by atoms with van der Waals surface area (Å²) in [6.45, 7) is 3.03. The molecule has 0 aliphatic carbocycles. The molecule has 13 nitrogen and oxygen atoms in total.